The Morgan fingerprint density at radius 2 is 2.00 bits per heavy atom. The zero-order valence-corrected chi connectivity index (χ0v) is 21.1. The summed E-state index contributed by atoms with van der Waals surface area (Å²) in [6.07, 6.45) is -0.0151. The first-order valence-electron chi connectivity index (χ1n) is 12.4. The van der Waals surface area contributed by atoms with Gasteiger partial charge >= 0.3 is 6.36 Å². The highest BCUT2D eigenvalue weighted by Gasteiger charge is 2.42. The number of nitrogens with one attached hydrogen (secondary N) is 1. The van der Waals surface area contributed by atoms with Gasteiger partial charge in [-0.15, -0.1) is 13.2 Å². The monoisotopic (exact) mass is 509 g/mol. The fraction of sp³-hybridized carbons (Fsp3) is 0.640. The third kappa shape index (κ3) is 5.83. The Kier molecular flexibility index (Phi) is 7.89. The molecular weight excluding hydrogens is 475 g/mol. The molecule has 0 unspecified atom stereocenters. The number of carbonyl (C=O) groups is 1. The summed E-state index contributed by atoms with van der Waals surface area (Å²) in [6.45, 7) is 5.57. The third-order valence-corrected chi connectivity index (χ3v) is 7.48. The van der Waals surface area contributed by atoms with Crippen molar-refractivity contribution in [3.8, 4) is 5.75 Å². The predicted octanol–water partition coefficient (Wildman–Crippen LogP) is 4.07. The van der Waals surface area contributed by atoms with E-state index >= 15 is 0 Å². The molecule has 0 radical (unpaired) electrons. The van der Waals surface area contributed by atoms with E-state index in [0.717, 1.165) is 19.3 Å². The number of aromatic nitrogens is 2. The van der Waals surface area contributed by atoms with Gasteiger partial charge in [0.25, 0.3) is 0 Å². The number of rotatable bonds is 8. The average molecular weight is 510 g/mol. The third-order valence-electron chi connectivity index (χ3n) is 7.48. The standard InChI is InChI=1S/C25H34F3N5O3/c1-15(2)32(3)17-5-8-22(16(11-17)13-35-4)33-10-9-21(24(33)34)31-23-19-12-18(36-25(26,27)28)6-7-20(19)29-14-30-23/h6-7,12,14-17,21-22H,5,8-11,13H2,1-4H3,(H,29,30,31)/t16-,17+,21-,22-/m0/s1. The molecule has 2 heterocycles. The lowest BCUT2D eigenvalue weighted by Gasteiger charge is -2.44. The molecule has 0 bridgehead atoms. The predicted molar refractivity (Wildman–Crippen MR) is 130 cm³/mol. The number of ether oxygens (including phenoxy) is 2. The van der Waals surface area contributed by atoms with Gasteiger partial charge in [-0.3, -0.25) is 4.79 Å². The molecule has 1 aromatic heterocycles. The van der Waals surface area contributed by atoms with Crippen molar-refractivity contribution in [2.75, 3.05) is 32.6 Å². The largest absolute Gasteiger partial charge is 0.573 e. The van der Waals surface area contributed by atoms with E-state index in [1.807, 2.05) is 4.90 Å². The van der Waals surface area contributed by atoms with Crippen LogP contribution in [0.4, 0.5) is 19.0 Å². The molecule has 1 N–H and O–H groups in total. The molecule has 198 valence electrons. The molecule has 8 nitrogen and oxygen atoms in total. The zero-order valence-electron chi connectivity index (χ0n) is 21.1. The second kappa shape index (κ2) is 10.8. The van der Waals surface area contributed by atoms with Gasteiger partial charge in [0, 0.05) is 43.1 Å². The SMILES string of the molecule is COC[C@@H]1C[C@H](N(C)C(C)C)CC[C@@H]1N1CC[C@H](Nc2ncnc3ccc(OC(F)(F)F)cc23)C1=O. The molecule has 2 aliphatic rings. The van der Waals surface area contributed by atoms with Crippen molar-refractivity contribution in [1.82, 2.24) is 19.8 Å². The van der Waals surface area contributed by atoms with Crippen molar-refractivity contribution in [1.29, 1.82) is 0 Å². The number of hydrogen-bond acceptors (Lipinski definition) is 7. The van der Waals surface area contributed by atoms with E-state index in [2.05, 4.69) is 45.8 Å². The topological polar surface area (TPSA) is 79.8 Å². The van der Waals surface area contributed by atoms with Crippen molar-refractivity contribution in [2.45, 2.75) is 70.1 Å². The molecule has 1 amide bonds. The number of carbonyl (C=O) groups excluding carboxylic acids is 1. The van der Waals surface area contributed by atoms with Gasteiger partial charge in [-0.05, 0) is 64.8 Å². The number of methoxy groups -OCH3 is 1. The highest BCUT2D eigenvalue weighted by Crippen LogP contribution is 2.35. The number of anilines is 1. The van der Waals surface area contributed by atoms with Gasteiger partial charge in [-0.2, -0.15) is 0 Å². The Bertz CT molecular complexity index is 1070. The highest BCUT2D eigenvalue weighted by molar-refractivity contribution is 5.93. The molecular formula is C25H34F3N5O3. The van der Waals surface area contributed by atoms with E-state index in [1.54, 1.807) is 7.11 Å². The molecule has 2 aromatic rings. The van der Waals surface area contributed by atoms with E-state index in [1.165, 1.54) is 24.5 Å². The first-order chi connectivity index (χ1) is 17.1. The van der Waals surface area contributed by atoms with Crippen LogP contribution in [0.1, 0.15) is 39.5 Å². The maximum atomic E-state index is 13.5. The van der Waals surface area contributed by atoms with E-state index in [4.69, 9.17) is 4.74 Å². The number of alkyl halides is 3. The summed E-state index contributed by atoms with van der Waals surface area (Å²) in [7, 11) is 3.84. The van der Waals surface area contributed by atoms with Crippen LogP contribution in [-0.2, 0) is 9.53 Å². The number of amides is 1. The summed E-state index contributed by atoms with van der Waals surface area (Å²) in [4.78, 5) is 26.2. The summed E-state index contributed by atoms with van der Waals surface area (Å²) >= 11 is 0. The molecule has 4 atom stereocenters. The minimum absolute atomic E-state index is 0.0220. The Morgan fingerprint density at radius 3 is 2.69 bits per heavy atom. The number of nitrogens with zero attached hydrogens (tertiary/aromatic N) is 4. The van der Waals surface area contributed by atoms with Crippen LogP contribution in [0.5, 0.6) is 5.75 Å². The fourth-order valence-electron chi connectivity index (χ4n) is 5.50. The van der Waals surface area contributed by atoms with Crippen LogP contribution in [0.15, 0.2) is 24.5 Å². The minimum atomic E-state index is -4.81. The van der Waals surface area contributed by atoms with Crippen LogP contribution in [0.2, 0.25) is 0 Å². The molecule has 36 heavy (non-hydrogen) atoms. The smallest absolute Gasteiger partial charge is 0.406 e. The van der Waals surface area contributed by atoms with Crippen LogP contribution in [0.25, 0.3) is 10.9 Å². The minimum Gasteiger partial charge on any atom is -0.406 e. The first-order valence-corrected chi connectivity index (χ1v) is 12.4. The van der Waals surface area contributed by atoms with Gasteiger partial charge in [-0.25, -0.2) is 9.97 Å². The molecule has 1 aliphatic carbocycles. The second-order valence-electron chi connectivity index (χ2n) is 9.98. The van der Waals surface area contributed by atoms with E-state index in [-0.39, 0.29) is 23.6 Å². The van der Waals surface area contributed by atoms with Gasteiger partial charge in [0.05, 0.1) is 12.1 Å². The molecule has 1 saturated carbocycles. The Labute approximate surface area is 209 Å². The molecule has 1 saturated heterocycles. The van der Waals surface area contributed by atoms with Crippen LogP contribution >= 0.6 is 0 Å². The second-order valence-corrected chi connectivity index (χ2v) is 9.98. The first kappa shape index (κ1) is 26.4. The van der Waals surface area contributed by atoms with E-state index < -0.39 is 12.4 Å². The van der Waals surface area contributed by atoms with Crippen molar-refractivity contribution in [2.24, 2.45) is 5.92 Å². The molecule has 11 heteroatoms. The van der Waals surface area contributed by atoms with Gasteiger partial charge in [0.15, 0.2) is 0 Å². The number of halogens is 3. The van der Waals surface area contributed by atoms with Crippen LogP contribution in [0.3, 0.4) is 0 Å². The van der Waals surface area contributed by atoms with Crippen molar-refractivity contribution < 1.29 is 27.4 Å². The summed E-state index contributed by atoms with van der Waals surface area (Å²) in [5.41, 5.74) is 0.456. The van der Waals surface area contributed by atoms with Crippen molar-refractivity contribution >= 4 is 22.6 Å². The average Bonchev–Trinajstić information content (AvgIpc) is 3.17. The highest BCUT2D eigenvalue weighted by atomic mass is 19.4. The van der Waals surface area contributed by atoms with Gasteiger partial charge < -0.3 is 24.6 Å². The number of fused-ring (bicyclic) bond motifs is 1. The Balaban J connectivity index is 1.49. The van der Waals surface area contributed by atoms with E-state index in [9.17, 15) is 18.0 Å². The summed E-state index contributed by atoms with van der Waals surface area (Å²) < 4.78 is 47.7. The van der Waals surface area contributed by atoms with Gasteiger partial charge in [-0.1, -0.05) is 0 Å². The maximum Gasteiger partial charge on any atom is 0.573 e. The van der Waals surface area contributed by atoms with Crippen molar-refractivity contribution in [3.05, 3.63) is 24.5 Å². The molecule has 1 aliphatic heterocycles. The molecule has 2 fully saturated rings. The van der Waals surface area contributed by atoms with E-state index in [0.29, 0.717) is 48.4 Å². The molecule has 1 aromatic carbocycles. The summed E-state index contributed by atoms with van der Waals surface area (Å²) in [5, 5.41) is 3.52. The lowest BCUT2D eigenvalue weighted by molar-refractivity contribution is -0.274. The molecule has 4 rings (SSSR count). The van der Waals surface area contributed by atoms with Crippen LogP contribution in [-0.4, -0.2) is 83.5 Å². The summed E-state index contributed by atoms with van der Waals surface area (Å²) in [5.74, 6) is 0.159. The lowest BCUT2D eigenvalue weighted by Crippen LogP contribution is -2.52. The van der Waals surface area contributed by atoms with Crippen LogP contribution in [0, 0.1) is 5.92 Å². The summed E-state index contributed by atoms with van der Waals surface area (Å²) in [6, 6.07) is 4.36. The number of benzene rings is 1. The maximum absolute atomic E-state index is 13.5. The van der Waals surface area contributed by atoms with Crippen molar-refractivity contribution in [3.63, 3.8) is 0 Å². The van der Waals surface area contributed by atoms with Crippen LogP contribution < -0.4 is 10.1 Å². The number of hydrogen-bond donors (Lipinski definition) is 1. The normalized spacial score (nSPS) is 25.2. The fourth-order valence-corrected chi connectivity index (χ4v) is 5.50. The van der Waals surface area contributed by atoms with Gasteiger partial charge in [0.2, 0.25) is 5.91 Å². The molecule has 0 spiro atoms. The zero-order chi connectivity index (χ0) is 26.0. The Morgan fingerprint density at radius 1 is 1.22 bits per heavy atom. The number of likely N-dealkylation sites (tertiary alicyclic amines) is 1. The van der Waals surface area contributed by atoms with Gasteiger partial charge in [0.1, 0.15) is 23.9 Å². The Hall–Kier alpha value is -2.66. The quantitative estimate of drug-likeness (QED) is 0.575. The lowest BCUT2D eigenvalue weighted by atomic mass is 9.80.